The van der Waals surface area contributed by atoms with Crippen molar-refractivity contribution in [2.24, 2.45) is 5.92 Å². The highest BCUT2D eigenvalue weighted by Gasteiger charge is 2.43. The van der Waals surface area contributed by atoms with Crippen molar-refractivity contribution >= 4 is 0 Å². The van der Waals surface area contributed by atoms with Crippen LogP contribution in [0.4, 0.5) is 0 Å². The van der Waals surface area contributed by atoms with E-state index < -0.39 is 5.60 Å². The number of hydrogen-bond acceptors (Lipinski definition) is 4. The van der Waals surface area contributed by atoms with Crippen molar-refractivity contribution in [2.75, 3.05) is 32.9 Å². The molecule has 0 amide bonds. The molecule has 2 heterocycles. The first-order valence-corrected chi connectivity index (χ1v) is 8.34. The number of nitrogens with zero attached hydrogens (tertiary/aromatic N) is 1. The SMILES string of the molecule is CC(O)(C1CCOCC1)C1CN(Cc2ccccc2)CCO1. The van der Waals surface area contributed by atoms with Gasteiger partial charge in [0.15, 0.2) is 0 Å². The zero-order valence-corrected chi connectivity index (χ0v) is 13.4. The molecule has 2 unspecified atom stereocenters. The Morgan fingerprint density at radius 1 is 1.18 bits per heavy atom. The summed E-state index contributed by atoms with van der Waals surface area (Å²) >= 11 is 0. The highest BCUT2D eigenvalue weighted by atomic mass is 16.5. The molecule has 1 aromatic rings. The summed E-state index contributed by atoms with van der Waals surface area (Å²) < 4.78 is 11.4. The Hall–Kier alpha value is -0.940. The van der Waals surface area contributed by atoms with Gasteiger partial charge in [-0.25, -0.2) is 0 Å². The van der Waals surface area contributed by atoms with Gasteiger partial charge >= 0.3 is 0 Å². The van der Waals surface area contributed by atoms with E-state index in [2.05, 4.69) is 29.2 Å². The molecular weight excluding hydrogens is 278 g/mol. The molecule has 122 valence electrons. The fourth-order valence-electron chi connectivity index (χ4n) is 3.59. The Morgan fingerprint density at radius 2 is 1.91 bits per heavy atom. The molecule has 1 aromatic carbocycles. The van der Waals surface area contributed by atoms with Gasteiger partial charge < -0.3 is 14.6 Å². The second-order valence-electron chi connectivity index (χ2n) is 6.69. The van der Waals surface area contributed by atoms with Gasteiger partial charge in [-0.3, -0.25) is 4.90 Å². The Morgan fingerprint density at radius 3 is 2.64 bits per heavy atom. The molecule has 1 N–H and O–H groups in total. The van der Waals surface area contributed by atoms with Gasteiger partial charge in [0.05, 0.1) is 18.3 Å². The van der Waals surface area contributed by atoms with Crippen LogP contribution in [-0.2, 0) is 16.0 Å². The molecule has 0 aromatic heterocycles. The predicted molar refractivity (Wildman–Crippen MR) is 85.6 cm³/mol. The monoisotopic (exact) mass is 305 g/mol. The Balaban J connectivity index is 1.62. The lowest BCUT2D eigenvalue weighted by Crippen LogP contribution is -2.57. The molecule has 3 rings (SSSR count). The Kier molecular flexibility index (Phi) is 5.14. The van der Waals surface area contributed by atoms with Crippen LogP contribution < -0.4 is 0 Å². The molecule has 0 radical (unpaired) electrons. The average Bonchev–Trinajstić information content (AvgIpc) is 2.57. The van der Waals surface area contributed by atoms with E-state index in [4.69, 9.17) is 9.47 Å². The summed E-state index contributed by atoms with van der Waals surface area (Å²) in [7, 11) is 0. The Labute approximate surface area is 133 Å². The van der Waals surface area contributed by atoms with E-state index in [0.29, 0.717) is 6.61 Å². The fourth-order valence-corrected chi connectivity index (χ4v) is 3.59. The second kappa shape index (κ2) is 7.09. The van der Waals surface area contributed by atoms with Gasteiger partial charge in [0.25, 0.3) is 0 Å². The zero-order valence-electron chi connectivity index (χ0n) is 13.4. The predicted octanol–water partition coefficient (Wildman–Crippen LogP) is 2.06. The lowest BCUT2D eigenvalue weighted by molar-refractivity contribution is -0.172. The van der Waals surface area contributed by atoms with Gasteiger partial charge in [-0.2, -0.15) is 0 Å². The molecule has 2 saturated heterocycles. The van der Waals surface area contributed by atoms with Crippen molar-refractivity contribution in [3.63, 3.8) is 0 Å². The molecule has 2 aliphatic rings. The molecule has 22 heavy (non-hydrogen) atoms. The minimum atomic E-state index is -0.779. The van der Waals surface area contributed by atoms with E-state index in [1.165, 1.54) is 5.56 Å². The normalized spacial score (nSPS) is 27.5. The van der Waals surface area contributed by atoms with Crippen LogP contribution in [0.25, 0.3) is 0 Å². The van der Waals surface area contributed by atoms with E-state index in [0.717, 1.165) is 45.7 Å². The summed E-state index contributed by atoms with van der Waals surface area (Å²) in [5.41, 5.74) is 0.535. The molecular formula is C18H27NO3. The molecule has 0 spiro atoms. The first kappa shape index (κ1) is 15.9. The molecule has 4 heteroatoms. The summed E-state index contributed by atoms with van der Waals surface area (Å²) in [6.07, 6.45) is 1.73. The number of hydrogen-bond donors (Lipinski definition) is 1. The summed E-state index contributed by atoms with van der Waals surface area (Å²) in [4.78, 5) is 2.39. The van der Waals surface area contributed by atoms with Gasteiger partial charge in [-0.15, -0.1) is 0 Å². The highest BCUT2D eigenvalue weighted by molar-refractivity contribution is 5.14. The third-order valence-corrected chi connectivity index (χ3v) is 5.10. The second-order valence-corrected chi connectivity index (χ2v) is 6.69. The smallest absolute Gasteiger partial charge is 0.0989 e. The third-order valence-electron chi connectivity index (χ3n) is 5.10. The topological polar surface area (TPSA) is 41.9 Å². The lowest BCUT2D eigenvalue weighted by Gasteiger charge is -2.45. The van der Waals surface area contributed by atoms with E-state index in [1.54, 1.807) is 0 Å². The zero-order chi connectivity index (χ0) is 15.4. The van der Waals surface area contributed by atoms with Crippen LogP contribution in [0, 0.1) is 5.92 Å². The van der Waals surface area contributed by atoms with Crippen LogP contribution in [0.2, 0.25) is 0 Å². The van der Waals surface area contributed by atoms with Crippen molar-refractivity contribution in [1.82, 2.24) is 4.90 Å². The largest absolute Gasteiger partial charge is 0.387 e. The standard InChI is InChI=1S/C18H27NO3/c1-18(20,16-7-10-21-11-8-16)17-14-19(9-12-22-17)13-15-5-3-2-4-6-15/h2-6,16-17,20H,7-14H2,1H3. The van der Waals surface area contributed by atoms with Crippen LogP contribution in [0.15, 0.2) is 30.3 Å². The first-order chi connectivity index (χ1) is 10.7. The lowest BCUT2D eigenvalue weighted by atomic mass is 9.79. The van der Waals surface area contributed by atoms with Crippen LogP contribution >= 0.6 is 0 Å². The summed E-state index contributed by atoms with van der Waals surface area (Å²) in [5, 5.41) is 11.0. The fraction of sp³-hybridized carbons (Fsp3) is 0.667. The van der Waals surface area contributed by atoms with Crippen LogP contribution in [-0.4, -0.2) is 54.6 Å². The molecule has 2 aliphatic heterocycles. The Bertz CT molecular complexity index is 457. The molecule has 0 saturated carbocycles. The van der Waals surface area contributed by atoms with Gasteiger partial charge in [0.2, 0.25) is 0 Å². The van der Waals surface area contributed by atoms with Crippen molar-refractivity contribution in [2.45, 2.75) is 38.0 Å². The quantitative estimate of drug-likeness (QED) is 0.924. The summed E-state index contributed by atoms with van der Waals surface area (Å²) in [6.45, 7) is 6.78. The number of ether oxygens (including phenoxy) is 2. The summed E-state index contributed by atoms with van der Waals surface area (Å²) in [6, 6.07) is 10.5. The number of aliphatic hydroxyl groups is 1. The molecule has 2 atom stereocenters. The maximum atomic E-state index is 11.0. The van der Waals surface area contributed by atoms with Gasteiger partial charge in [-0.05, 0) is 31.2 Å². The molecule has 0 bridgehead atoms. The van der Waals surface area contributed by atoms with E-state index in [9.17, 15) is 5.11 Å². The van der Waals surface area contributed by atoms with Gasteiger partial charge in [0.1, 0.15) is 0 Å². The van der Waals surface area contributed by atoms with Crippen LogP contribution in [0.5, 0.6) is 0 Å². The minimum absolute atomic E-state index is 0.118. The minimum Gasteiger partial charge on any atom is -0.387 e. The molecule has 2 fully saturated rings. The van der Waals surface area contributed by atoms with E-state index in [1.807, 2.05) is 13.0 Å². The third kappa shape index (κ3) is 3.69. The van der Waals surface area contributed by atoms with Crippen LogP contribution in [0.3, 0.4) is 0 Å². The maximum absolute atomic E-state index is 11.0. The van der Waals surface area contributed by atoms with Crippen molar-refractivity contribution in [3.8, 4) is 0 Å². The maximum Gasteiger partial charge on any atom is 0.0989 e. The first-order valence-electron chi connectivity index (χ1n) is 8.34. The van der Waals surface area contributed by atoms with E-state index in [-0.39, 0.29) is 12.0 Å². The highest BCUT2D eigenvalue weighted by Crippen LogP contribution is 2.33. The van der Waals surface area contributed by atoms with E-state index >= 15 is 0 Å². The van der Waals surface area contributed by atoms with Crippen LogP contribution in [0.1, 0.15) is 25.3 Å². The number of benzene rings is 1. The van der Waals surface area contributed by atoms with Crippen molar-refractivity contribution in [3.05, 3.63) is 35.9 Å². The summed E-state index contributed by atoms with van der Waals surface area (Å²) in [5.74, 6) is 0.267. The average molecular weight is 305 g/mol. The van der Waals surface area contributed by atoms with Crippen molar-refractivity contribution < 1.29 is 14.6 Å². The number of morpholine rings is 1. The number of rotatable bonds is 4. The van der Waals surface area contributed by atoms with Gasteiger partial charge in [-0.1, -0.05) is 30.3 Å². The van der Waals surface area contributed by atoms with Gasteiger partial charge in [0, 0.05) is 32.8 Å². The molecule has 4 nitrogen and oxygen atoms in total. The molecule has 0 aliphatic carbocycles. The van der Waals surface area contributed by atoms with Crippen molar-refractivity contribution in [1.29, 1.82) is 0 Å².